The van der Waals surface area contributed by atoms with Gasteiger partial charge in [0.1, 0.15) is 17.6 Å². The molecule has 0 aromatic carbocycles. The van der Waals surface area contributed by atoms with Crippen molar-refractivity contribution in [3.05, 3.63) is 42.4 Å². The lowest BCUT2D eigenvalue weighted by Gasteiger charge is -2.34. The zero-order valence-electron chi connectivity index (χ0n) is 15.6. The minimum Gasteiger partial charge on any atom is -0.492 e. The van der Waals surface area contributed by atoms with Crippen LogP contribution in [0, 0.1) is 11.3 Å². The average Bonchev–Trinajstić information content (AvgIpc) is 3.13. The minimum absolute atomic E-state index is 0.184. The largest absolute Gasteiger partial charge is 0.492 e. The molecule has 0 unspecified atom stereocenters. The third kappa shape index (κ3) is 3.26. The zero-order chi connectivity index (χ0) is 19.7. The van der Waals surface area contributed by atoms with Crippen LogP contribution in [-0.2, 0) is 0 Å². The van der Waals surface area contributed by atoms with Gasteiger partial charge in [-0.25, -0.2) is 9.50 Å². The number of pyridine rings is 2. The number of hydrogen-bond donors (Lipinski definition) is 2. The molecule has 0 amide bonds. The molecule has 1 aliphatic rings. The number of fused-ring (bicyclic) bond motifs is 1. The van der Waals surface area contributed by atoms with Crippen LogP contribution in [-0.4, -0.2) is 51.5 Å². The predicted octanol–water partition coefficient (Wildman–Crippen LogP) is 1.56. The number of rotatable bonds is 4. The highest BCUT2D eigenvalue weighted by atomic mass is 16.5. The minimum atomic E-state index is -0.553. The fraction of sp³-hybridized carbons (Fsp3) is 0.350. The number of aromatic nitrogens is 3. The van der Waals surface area contributed by atoms with Gasteiger partial charge in [-0.2, -0.15) is 10.4 Å². The monoisotopic (exact) mass is 378 g/mol. The molecule has 8 nitrogen and oxygen atoms in total. The fourth-order valence-electron chi connectivity index (χ4n) is 3.53. The van der Waals surface area contributed by atoms with Crippen LogP contribution in [0.15, 0.2) is 36.8 Å². The van der Waals surface area contributed by atoms with Gasteiger partial charge in [-0.1, -0.05) is 0 Å². The Balaban J connectivity index is 1.72. The third-order valence-electron chi connectivity index (χ3n) is 5.04. The smallest absolute Gasteiger partial charge is 0.138 e. The zero-order valence-corrected chi connectivity index (χ0v) is 15.6. The maximum absolute atomic E-state index is 10.0. The van der Waals surface area contributed by atoms with Crippen molar-refractivity contribution in [2.24, 2.45) is 5.73 Å². The molecule has 28 heavy (non-hydrogen) atoms. The van der Waals surface area contributed by atoms with Gasteiger partial charge in [0.15, 0.2) is 0 Å². The van der Waals surface area contributed by atoms with E-state index in [0.717, 1.165) is 35.4 Å². The van der Waals surface area contributed by atoms with E-state index in [9.17, 15) is 10.4 Å². The summed E-state index contributed by atoms with van der Waals surface area (Å²) in [6.07, 6.45) is 5.26. The molecule has 0 saturated carbocycles. The summed E-state index contributed by atoms with van der Waals surface area (Å²) in [5.41, 5.74) is 8.80. The van der Waals surface area contributed by atoms with Gasteiger partial charge >= 0.3 is 0 Å². The number of β-amino-alcohol motifs (C(OH)–C–C–N with tert-alkyl or cyclic N) is 1. The quantitative estimate of drug-likeness (QED) is 0.708. The lowest BCUT2D eigenvalue weighted by atomic mass is 10.0. The van der Waals surface area contributed by atoms with Crippen LogP contribution in [0.3, 0.4) is 0 Å². The summed E-state index contributed by atoms with van der Waals surface area (Å²) in [7, 11) is 0. The number of ether oxygens (including phenoxy) is 1. The van der Waals surface area contributed by atoms with Crippen molar-refractivity contribution in [2.45, 2.75) is 25.5 Å². The van der Waals surface area contributed by atoms with Gasteiger partial charge in [0, 0.05) is 36.5 Å². The van der Waals surface area contributed by atoms with Crippen molar-refractivity contribution in [1.82, 2.24) is 14.6 Å². The number of aliphatic hydroxyl groups excluding tert-OH is 1. The van der Waals surface area contributed by atoms with Crippen molar-refractivity contribution in [3.8, 4) is 22.9 Å². The molecule has 0 radical (unpaired) electrons. The maximum atomic E-state index is 10.0. The van der Waals surface area contributed by atoms with E-state index >= 15 is 0 Å². The molecule has 144 valence electrons. The van der Waals surface area contributed by atoms with E-state index in [1.54, 1.807) is 23.1 Å². The van der Waals surface area contributed by atoms with E-state index in [0.29, 0.717) is 24.5 Å². The van der Waals surface area contributed by atoms with Gasteiger partial charge in [0.05, 0.1) is 36.2 Å². The molecule has 0 spiro atoms. The lowest BCUT2D eigenvalue weighted by Crippen LogP contribution is -2.50. The summed E-state index contributed by atoms with van der Waals surface area (Å²) in [5.74, 6) is 1.47. The molecule has 0 aliphatic carbocycles. The van der Waals surface area contributed by atoms with Gasteiger partial charge in [-0.3, -0.25) is 0 Å². The van der Waals surface area contributed by atoms with Crippen LogP contribution >= 0.6 is 0 Å². The second kappa shape index (κ2) is 7.46. The van der Waals surface area contributed by atoms with Crippen molar-refractivity contribution < 1.29 is 9.84 Å². The van der Waals surface area contributed by atoms with Crippen LogP contribution in [0.1, 0.15) is 18.9 Å². The second-order valence-corrected chi connectivity index (χ2v) is 6.86. The number of piperidine rings is 1. The lowest BCUT2D eigenvalue weighted by molar-refractivity contribution is 0.131. The number of nitrogens with two attached hydrogens (primary N) is 1. The normalized spacial score (nSPS) is 19.6. The summed E-state index contributed by atoms with van der Waals surface area (Å²) in [4.78, 5) is 6.61. The number of nitriles is 1. The molecule has 4 heterocycles. The van der Waals surface area contributed by atoms with Gasteiger partial charge in [-0.15, -0.1) is 0 Å². The highest BCUT2D eigenvalue weighted by Crippen LogP contribution is 2.31. The van der Waals surface area contributed by atoms with Crippen molar-refractivity contribution >= 4 is 11.3 Å². The van der Waals surface area contributed by atoms with Crippen molar-refractivity contribution in [1.29, 1.82) is 5.26 Å². The summed E-state index contributed by atoms with van der Waals surface area (Å²) >= 11 is 0. The molecule has 3 aromatic rings. The third-order valence-corrected chi connectivity index (χ3v) is 5.04. The van der Waals surface area contributed by atoms with E-state index in [4.69, 9.17) is 10.5 Å². The van der Waals surface area contributed by atoms with E-state index in [1.807, 2.05) is 30.0 Å². The second-order valence-electron chi connectivity index (χ2n) is 6.86. The molecule has 8 heteroatoms. The molecule has 3 N–H and O–H groups in total. The Bertz CT molecular complexity index is 1020. The molecule has 1 fully saturated rings. The van der Waals surface area contributed by atoms with Crippen LogP contribution in [0.2, 0.25) is 0 Å². The number of hydrogen-bond acceptors (Lipinski definition) is 7. The van der Waals surface area contributed by atoms with Gasteiger partial charge in [0.25, 0.3) is 0 Å². The van der Waals surface area contributed by atoms with Gasteiger partial charge < -0.3 is 20.5 Å². The number of nitrogens with zero attached hydrogens (tertiary/aromatic N) is 5. The van der Waals surface area contributed by atoms with E-state index in [1.165, 1.54) is 0 Å². The van der Waals surface area contributed by atoms with Crippen LogP contribution < -0.4 is 15.4 Å². The highest BCUT2D eigenvalue weighted by molar-refractivity contribution is 5.85. The molecular weight excluding hydrogens is 356 g/mol. The summed E-state index contributed by atoms with van der Waals surface area (Å²) in [6, 6.07) is 7.79. The van der Waals surface area contributed by atoms with E-state index < -0.39 is 6.10 Å². The van der Waals surface area contributed by atoms with E-state index in [-0.39, 0.29) is 6.04 Å². The number of aliphatic hydroxyl groups is 1. The molecular formula is C20H22N6O2. The first kappa shape index (κ1) is 18.2. The average molecular weight is 378 g/mol. The number of anilines is 1. The first-order valence-electron chi connectivity index (χ1n) is 9.30. The van der Waals surface area contributed by atoms with Crippen LogP contribution in [0.4, 0.5) is 5.82 Å². The van der Waals surface area contributed by atoms with E-state index in [2.05, 4.69) is 16.2 Å². The Morgan fingerprint density at radius 3 is 2.93 bits per heavy atom. The Morgan fingerprint density at radius 2 is 2.25 bits per heavy atom. The maximum Gasteiger partial charge on any atom is 0.138 e. The molecule has 3 aromatic heterocycles. The molecule has 4 rings (SSSR count). The standard InChI is InChI=1S/C20H22N6O2/c1-2-28-15-7-16(20-14(8-21)10-24-26(20)11-15)13-3-4-19(23-9-13)25-6-5-17(22)18(27)12-25/h3-4,7,9-11,17-18,27H,2,5-6,12,22H2,1H3/t17-,18+/m1/s1. The molecule has 1 saturated heterocycles. The summed E-state index contributed by atoms with van der Waals surface area (Å²) < 4.78 is 7.31. The Kier molecular flexibility index (Phi) is 4.86. The van der Waals surface area contributed by atoms with Crippen LogP contribution in [0.5, 0.6) is 5.75 Å². The molecule has 1 aliphatic heterocycles. The first-order chi connectivity index (χ1) is 13.6. The first-order valence-corrected chi connectivity index (χ1v) is 9.30. The van der Waals surface area contributed by atoms with Gasteiger partial charge in [-0.05, 0) is 31.5 Å². The molecule has 0 bridgehead atoms. The molecule has 2 atom stereocenters. The summed E-state index contributed by atoms with van der Waals surface area (Å²) in [5, 5.41) is 23.7. The highest BCUT2D eigenvalue weighted by Gasteiger charge is 2.25. The van der Waals surface area contributed by atoms with Crippen molar-refractivity contribution in [3.63, 3.8) is 0 Å². The fourth-order valence-corrected chi connectivity index (χ4v) is 3.53. The Hall–Kier alpha value is -3.15. The predicted molar refractivity (Wildman–Crippen MR) is 105 cm³/mol. The van der Waals surface area contributed by atoms with Crippen molar-refractivity contribution in [2.75, 3.05) is 24.6 Å². The SMILES string of the molecule is CCOc1cc(-c2ccc(N3CC[C@@H](N)[C@@H](O)C3)nc2)c2c(C#N)cnn2c1. The van der Waals surface area contributed by atoms with Gasteiger partial charge in [0.2, 0.25) is 0 Å². The van der Waals surface area contributed by atoms with Crippen LogP contribution in [0.25, 0.3) is 16.6 Å². The topological polar surface area (TPSA) is 113 Å². The Labute approximate surface area is 162 Å². The Morgan fingerprint density at radius 1 is 1.39 bits per heavy atom. The summed E-state index contributed by atoms with van der Waals surface area (Å²) in [6.45, 7) is 3.69.